The average molecular weight is 500 g/mol. The number of amides is 1. The molecule has 0 aliphatic rings. The normalized spacial score (nSPS) is 11.3. The Bertz CT molecular complexity index is 894. The fraction of sp³-hybridized carbons (Fsp3) is 0.348. The fourth-order valence-electron chi connectivity index (χ4n) is 2.60. The topological polar surface area (TPSA) is 104 Å². The zero-order valence-electron chi connectivity index (χ0n) is 18.6. The van der Waals surface area contributed by atoms with Gasteiger partial charge in [0.05, 0.1) is 16.7 Å². The van der Waals surface area contributed by atoms with Crippen molar-refractivity contribution in [2.45, 2.75) is 31.7 Å². The lowest BCUT2D eigenvalue weighted by Gasteiger charge is -2.29. The summed E-state index contributed by atoms with van der Waals surface area (Å²) in [7, 11) is 1.50. The van der Waals surface area contributed by atoms with Crippen LogP contribution in [0.5, 0.6) is 11.6 Å². The predicted molar refractivity (Wildman–Crippen MR) is 128 cm³/mol. The number of benzene rings is 1. The number of halogens is 3. The molecule has 1 aromatic heterocycles. The Morgan fingerprint density at radius 2 is 1.97 bits per heavy atom. The van der Waals surface area contributed by atoms with Gasteiger partial charge in [0.25, 0.3) is 5.91 Å². The maximum absolute atomic E-state index is 13.4. The first-order chi connectivity index (χ1) is 15.8. The van der Waals surface area contributed by atoms with Crippen LogP contribution in [0, 0.1) is 18.2 Å². The first-order valence-corrected chi connectivity index (χ1v) is 10.5. The van der Waals surface area contributed by atoms with Crippen LogP contribution in [-0.2, 0) is 9.59 Å². The Labute approximate surface area is 203 Å². The van der Waals surface area contributed by atoms with E-state index in [2.05, 4.69) is 22.0 Å². The molecule has 0 aliphatic heterocycles. The van der Waals surface area contributed by atoms with Crippen LogP contribution in [-0.4, -0.2) is 43.5 Å². The standard InChI is InChI=1S/C21H21Cl2FN2O3.CH5N.CH2O/c1-3-9-21(2,10-4-11-28-20-8-5-15(22)13-25-20)26-19(27)14-29-16-6-7-17(23)18(24)12-16;2*1-2/h1,5-8,12-13H,4,9-11,14H2,2H3,(H,26,27);2H2,1H3;1H2. The second-order valence-electron chi connectivity index (χ2n) is 6.62. The summed E-state index contributed by atoms with van der Waals surface area (Å²) in [6, 6.07) is 7.35. The van der Waals surface area contributed by atoms with Crippen molar-refractivity contribution < 1.29 is 23.5 Å². The largest absolute Gasteiger partial charge is 0.484 e. The molecule has 2 aromatic rings. The van der Waals surface area contributed by atoms with E-state index in [4.69, 9.17) is 43.9 Å². The van der Waals surface area contributed by atoms with Crippen LogP contribution in [0.4, 0.5) is 4.39 Å². The Balaban J connectivity index is 0.00000242. The Morgan fingerprint density at radius 3 is 2.55 bits per heavy atom. The van der Waals surface area contributed by atoms with Gasteiger partial charge in [-0.2, -0.15) is 0 Å². The summed E-state index contributed by atoms with van der Waals surface area (Å²) in [5.41, 5.74) is 3.87. The molecule has 33 heavy (non-hydrogen) atoms. The number of aromatic nitrogens is 1. The lowest BCUT2D eigenvalue weighted by atomic mass is 9.92. The zero-order chi connectivity index (χ0) is 25.3. The zero-order valence-corrected chi connectivity index (χ0v) is 20.1. The van der Waals surface area contributed by atoms with Crippen molar-refractivity contribution >= 4 is 35.9 Å². The first kappa shape index (κ1) is 30.1. The van der Waals surface area contributed by atoms with Crippen LogP contribution >= 0.6 is 23.2 Å². The highest BCUT2D eigenvalue weighted by Crippen LogP contribution is 2.21. The smallest absolute Gasteiger partial charge is 0.258 e. The summed E-state index contributed by atoms with van der Waals surface area (Å²) in [6.45, 7) is 3.99. The van der Waals surface area contributed by atoms with E-state index in [1.165, 1.54) is 25.4 Å². The van der Waals surface area contributed by atoms with Gasteiger partial charge in [-0.15, -0.1) is 12.3 Å². The summed E-state index contributed by atoms with van der Waals surface area (Å²) >= 11 is 11.4. The number of nitrogens with zero attached hydrogens (tertiary/aromatic N) is 1. The van der Waals surface area contributed by atoms with Crippen molar-refractivity contribution in [2.24, 2.45) is 5.73 Å². The lowest BCUT2D eigenvalue weighted by Crippen LogP contribution is -2.47. The van der Waals surface area contributed by atoms with E-state index in [1.807, 2.05) is 13.7 Å². The molecule has 1 aromatic carbocycles. The van der Waals surface area contributed by atoms with Gasteiger partial charge in [0.1, 0.15) is 18.4 Å². The van der Waals surface area contributed by atoms with Gasteiger partial charge in [0, 0.05) is 30.3 Å². The van der Waals surface area contributed by atoms with Gasteiger partial charge in [-0.3, -0.25) is 4.79 Å². The minimum atomic E-state index is -0.628. The van der Waals surface area contributed by atoms with Crippen LogP contribution in [0.3, 0.4) is 0 Å². The monoisotopic (exact) mass is 499 g/mol. The highest BCUT2D eigenvalue weighted by molar-refractivity contribution is 6.30. The fourth-order valence-corrected chi connectivity index (χ4v) is 2.82. The highest BCUT2D eigenvalue weighted by Gasteiger charge is 2.25. The summed E-state index contributed by atoms with van der Waals surface area (Å²) < 4.78 is 24.3. The molecule has 0 fully saturated rings. The molecule has 1 atom stereocenters. The van der Waals surface area contributed by atoms with E-state index in [0.717, 1.165) is 6.07 Å². The molecule has 0 saturated carbocycles. The number of nitrogens with two attached hydrogens (primary N) is 1. The minimum Gasteiger partial charge on any atom is -0.484 e. The van der Waals surface area contributed by atoms with E-state index >= 15 is 0 Å². The maximum atomic E-state index is 13.4. The third-order valence-corrected chi connectivity index (χ3v) is 4.55. The molecule has 7 nitrogen and oxygen atoms in total. The summed E-state index contributed by atoms with van der Waals surface area (Å²) in [4.78, 5) is 24.3. The van der Waals surface area contributed by atoms with Gasteiger partial charge >= 0.3 is 0 Å². The van der Waals surface area contributed by atoms with E-state index < -0.39 is 11.4 Å². The van der Waals surface area contributed by atoms with Crippen molar-refractivity contribution in [3.63, 3.8) is 0 Å². The number of hydrogen-bond donors (Lipinski definition) is 2. The average Bonchev–Trinajstić information content (AvgIpc) is 2.81. The van der Waals surface area contributed by atoms with E-state index in [-0.39, 0.29) is 23.3 Å². The Kier molecular flexibility index (Phi) is 15.3. The molecule has 10 heteroatoms. The molecule has 180 valence electrons. The van der Waals surface area contributed by atoms with Crippen LogP contribution in [0.1, 0.15) is 26.2 Å². The van der Waals surface area contributed by atoms with E-state index in [9.17, 15) is 9.18 Å². The van der Waals surface area contributed by atoms with Gasteiger partial charge in [-0.25, -0.2) is 9.37 Å². The van der Waals surface area contributed by atoms with Crippen molar-refractivity contribution in [1.29, 1.82) is 0 Å². The van der Waals surface area contributed by atoms with Crippen LogP contribution < -0.4 is 20.5 Å². The molecule has 1 heterocycles. The molecule has 0 bridgehead atoms. The number of carbonyl (C=O) groups is 2. The highest BCUT2D eigenvalue weighted by atomic mass is 35.5. The molecular formula is C23H28Cl2FN3O4. The van der Waals surface area contributed by atoms with Gasteiger partial charge < -0.3 is 25.3 Å². The third kappa shape index (κ3) is 12.1. The third-order valence-electron chi connectivity index (χ3n) is 4.02. The first-order valence-electron chi connectivity index (χ1n) is 9.74. The Hall–Kier alpha value is -2.86. The second-order valence-corrected chi connectivity index (χ2v) is 7.46. The van der Waals surface area contributed by atoms with Gasteiger partial charge in [0.15, 0.2) is 6.61 Å². The number of hydrogen-bond acceptors (Lipinski definition) is 6. The predicted octanol–water partition coefficient (Wildman–Crippen LogP) is 4.05. The molecule has 1 amide bonds. The van der Waals surface area contributed by atoms with E-state index in [1.54, 1.807) is 12.1 Å². The molecule has 0 aliphatic carbocycles. The number of terminal acetylenes is 1. The van der Waals surface area contributed by atoms with Gasteiger partial charge in [-0.1, -0.05) is 23.2 Å². The lowest BCUT2D eigenvalue weighted by molar-refractivity contribution is -0.125. The maximum Gasteiger partial charge on any atom is 0.258 e. The van der Waals surface area contributed by atoms with Crippen molar-refractivity contribution in [2.75, 3.05) is 20.3 Å². The number of ether oxygens (including phenoxy) is 2. The molecule has 0 spiro atoms. The quantitative estimate of drug-likeness (QED) is 0.377. The molecule has 3 N–H and O–H groups in total. The second kappa shape index (κ2) is 16.7. The van der Waals surface area contributed by atoms with Crippen LogP contribution in [0.15, 0.2) is 36.5 Å². The van der Waals surface area contributed by atoms with Gasteiger partial charge in [-0.05, 0) is 45.0 Å². The minimum absolute atomic E-state index is 0.0144. The van der Waals surface area contributed by atoms with Crippen LogP contribution in [0.25, 0.3) is 0 Å². The number of rotatable bonds is 10. The van der Waals surface area contributed by atoms with Crippen molar-refractivity contribution in [1.82, 2.24) is 10.3 Å². The number of pyridine rings is 1. The van der Waals surface area contributed by atoms with Crippen molar-refractivity contribution in [3.8, 4) is 24.0 Å². The number of carbonyl (C=O) groups excluding carboxylic acids is 2. The molecule has 0 radical (unpaired) electrons. The molecule has 2 rings (SSSR count). The number of nitrogens with one attached hydrogen (secondary N) is 1. The SMILES string of the molecule is C#CCC(C)(CCCOc1ccc(Cl)cn1)NC(=O)COc1ccc(Cl)c(F)c1.C=O.CN. The summed E-state index contributed by atoms with van der Waals surface area (Å²) in [5, 5.41) is 3.40. The van der Waals surface area contributed by atoms with E-state index in [0.29, 0.717) is 36.8 Å². The molecular weight excluding hydrogens is 472 g/mol. The Morgan fingerprint density at radius 1 is 1.27 bits per heavy atom. The van der Waals surface area contributed by atoms with Crippen molar-refractivity contribution in [3.05, 3.63) is 52.4 Å². The van der Waals surface area contributed by atoms with Crippen LogP contribution in [0.2, 0.25) is 10.0 Å². The summed E-state index contributed by atoms with van der Waals surface area (Å²) in [5.74, 6) is 2.29. The summed E-state index contributed by atoms with van der Waals surface area (Å²) in [6.07, 6.45) is 8.54. The molecule has 1 unspecified atom stereocenters. The molecule has 0 saturated heterocycles. The van der Waals surface area contributed by atoms with Gasteiger partial charge in [0.2, 0.25) is 5.88 Å².